The minimum atomic E-state index is -0.0109. The van der Waals surface area contributed by atoms with Crippen LogP contribution in [0, 0.1) is 6.92 Å². The molecule has 0 spiro atoms. The molecule has 0 unspecified atom stereocenters. The van der Waals surface area contributed by atoms with Gasteiger partial charge in [-0.15, -0.1) is 11.3 Å². The van der Waals surface area contributed by atoms with Crippen LogP contribution in [0.3, 0.4) is 0 Å². The summed E-state index contributed by atoms with van der Waals surface area (Å²) >= 11 is 1.70. The van der Waals surface area contributed by atoms with Crippen LogP contribution in [0.1, 0.15) is 5.56 Å². The number of aromatic nitrogens is 1. The van der Waals surface area contributed by atoms with E-state index in [4.69, 9.17) is 0 Å². The van der Waals surface area contributed by atoms with Crippen molar-refractivity contribution in [1.29, 1.82) is 0 Å². The molecule has 19 heavy (non-hydrogen) atoms. The van der Waals surface area contributed by atoms with Crippen LogP contribution in [-0.2, 0) is 0 Å². The van der Waals surface area contributed by atoms with Gasteiger partial charge in [-0.3, -0.25) is 9.36 Å². The number of rotatable bonds is 2. The zero-order chi connectivity index (χ0) is 13.2. The lowest BCUT2D eigenvalue weighted by molar-refractivity contribution is 0.993. The van der Waals surface area contributed by atoms with E-state index < -0.39 is 0 Å². The molecule has 3 aromatic rings. The summed E-state index contributed by atoms with van der Waals surface area (Å²) in [5.74, 6) is 0. The summed E-state index contributed by atoms with van der Waals surface area (Å²) in [6.07, 6.45) is 1.91. The fourth-order valence-electron chi connectivity index (χ4n) is 2.01. The van der Waals surface area contributed by atoms with Crippen molar-refractivity contribution in [3.8, 4) is 16.1 Å². The summed E-state index contributed by atoms with van der Waals surface area (Å²) in [5.41, 5.74) is 3.20. The fraction of sp³-hybridized carbons (Fsp3) is 0.0625. The summed E-state index contributed by atoms with van der Waals surface area (Å²) < 4.78 is 1.68. The number of pyridine rings is 1. The lowest BCUT2D eigenvalue weighted by Crippen LogP contribution is -2.16. The normalized spacial score (nSPS) is 10.6. The molecule has 1 aromatic carbocycles. The molecule has 0 amide bonds. The van der Waals surface area contributed by atoms with Crippen LogP contribution in [-0.4, -0.2) is 4.57 Å². The van der Waals surface area contributed by atoms with Crippen molar-refractivity contribution < 1.29 is 0 Å². The molecule has 0 aliphatic rings. The molecule has 3 heteroatoms. The maximum Gasteiger partial charge on any atom is 0.255 e. The second kappa shape index (κ2) is 4.86. The van der Waals surface area contributed by atoms with E-state index in [0.717, 1.165) is 11.3 Å². The predicted octanol–water partition coefficient (Wildman–Crippen LogP) is 3.87. The van der Waals surface area contributed by atoms with Gasteiger partial charge in [0.25, 0.3) is 5.56 Å². The highest BCUT2D eigenvalue weighted by Gasteiger charge is 2.04. The smallest absolute Gasteiger partial charge is 0.255 e. The van der Waals surface area contributed by atoms with Crippen molar-refractivity contribution in [3.63, 3.8) is 0 Å². The zero-order valence-corrected chi connectivity index (χ0v) is 11.4. The highest BCUT2D eigenvalue weighted by Crippen LogP contribution is 2.26. The van der Waals surface area contributed by atoms with E-state index in [0.29, 0.717) is 0 Å². The van der Waals surface area contributed by atoms with Crippen molar-refractivity contribution in [1.82, 2.24) is 4.57 Å². The molecule has 2 heterocycles. The second-order valence-corrected chi connectivity index (χ2v) is 5.36. The summed E-state index contributed by atoms with van der Waals surface area (Å²) in [6.45, 7) is 2.08. The van der Waals surface area contributed by atoms with Gasteiger partial charge in [-0.2, -0.15) is 0 Å². The summed E-state index contributed by atoms with van der Waals surface area (Å²) in [5, 5.41) is 2.12. The van der Waals surface area contributed by atoms with Crippen LogP contribution in [0.15, 0.2) is 64.9 Å². The molecule has 0 aliphatic heterocycles. The third-order valence-electron chi connectivity index (χ3n) is 2.96. The number of hydrogen-bond acceptors (Lipinski definition) is 2. The zero-order valence-electron chi connectivity index (χ0n) is 10.5. The average Bonchev–Trinajstić information content (AvgIpc) is 2.87. The molecule has 0 saturated heterocycles. The molecule has 0 fully saturated rings. The summed E-state index contributed by atoms with van der Waals surface area (Å²) in [4.78, 5) is 13.2. The maximum absolute atomic E-state index is 12.0. The molecular formula is C16H13NOS. The molecule has 0 N–H and O–H groups in total. The minimum Gasteiger partial charge on any atom is -0.284 e. The number of para-hydroxylation sites is 1. The van der Waals surface area contributed by atoms with Crippen molar-refractivity contribution in [2.24, 2.45) is 0 Å². The van der Waals surface area contributed by atoms with E-state index in [1.165, 1.54) is 10.4 Å². The van der Waals surface area contributed by atoms with Crippen LogP contribution in [0.4, 0.5) is 0 Å². The van der Waals surface area contributed by atoms with Gasteiger partial charge in [-0.1, -0.05) is 18.2 Å². The summed E-state index contributed by atoms with van der Waals surface area (Å²) in [6, 6.07) is 15.3. The standard InChI is InChI=1S/C16H13NOS/c1-12-9-15(19-11-12)13-7-8-16(18)17(10-13)14-5-3-2-4-6-14/h2-11H,1H3. The fourth-order valence-corrected chi connectivity index (χ4v) is 2.90. The average molecular weight is 267 g/mol. The highest BCUT2D eigenvalue weighted by molar-refractivity contribution is 7.13. The quantitative estimate of drug-likeness (QED) is 0.690. The molecule has 2 nitrogen and oxygen atoms in total. The third kappa shape index (κ3) is 2.37. The van der Waals surface area contributed by atoms with Gasteiger partial charge in [0.05, 0.1) is 0 Å². The lowest BCUT2D eigenvalue weighted by Gasteiger charge is -2.07. The van der Waals surface area contributed by atoms with Crippen LogP contribution < -0.4 is 5.56 Å². The minimum absolute atomic E-state index is 0.0109. The monoisotopic (exact) mass is 267 g/mol. The Morgan fingerprint density at radius 2 is 1.84 bits per heavy atom. The van der Waals surface area contributed by atoms with E-state index in [1.54, 1.807) is 22.0 Å². The van der Waals surface area contributed by atoms with Gasteiger partial charge in [0.1, 0.15) is 0 Å². The Balaban J connectivity index is 2.14. The number of thiophene rings is 1. The van der Waals surface area contributed by atoms with Gasteiger partial charge in [0.2, 0.25) is 0 Å². The first kappa shape index (κ1) is 11.9. The molecule has 0 atom stereocenters. The molecule has 2 aromatic heterocycles. The Labute approximate surface area is 115 Å². The van der Waals surface area contributed by atoms with E-state index in [2.05, 4.69) is 18.4 Å². The van der Waals surface area contributed by atoms with Crippen molar-refractivity contribution in [2.75, 3.05) is 0 Å². The first-order valence-electron chi connectivity index (χ1n) is 6.08. The van der Waals surface area contributed by atoms with Crippen LogP contribution >= 0.6 is 11.3 Å². The highest BCUT2D eigenvalue weighted by atomic mass is 32.1. The third-order valence-corrected chi connectivity index (χ3v) is 4.06. The molecule has 94 valence electrons. The largest absolute Gasteiger partial charge is 0.284 e. The summed E-state index contributed by atoms with van der Waals surface area (Å²) in [7, 11) is 0. The van der Waals surface area contributed by atoms with Gasteiger partial charge >= 0.3 is 0 Å². The van der Waals surface area contributed by atoms with Gasteiger partial charge < -0.3 is 0 Å². The topological polar surface area (TPSA) is 22.0 Å². The molecule has 0 bridgehead atoms. The van der Waals surface area contributed by atoms with Gasteiger partial charge in [0.15, 0.2) is 0 Å². The van der Waals surface area contributed by atoms with Crippen LogP contribution in [0.5, 0.6) is 0 Å². The van der Waals surface area contributed by atoms with Gasteiger partial charge in [0, 0.05) is 28.4 Å². The first-order valence-corrected chi connectivity index (χ1v) is 6.96. The van der Waals surface area contributed by atoms with E-state index >= 15 is 0 Å². The molecule has 0 aliphatic carbocycles. The van der Waals surface area contributed by atoms with Gasteiger partial charge in [-0.05, 0) is 42.1 Å². The van der Waals surface area contributed by atoms with E-state index in [-0.39, 0.29) is 5.56 Å². The number of hydrogen-bond donors (Lipinski definition) is 0. The van der Waals surface area contributed by atoms with Crippen LogP contribution in [0.2, 0.25) is 0 Å². The lowest BCUT2D eigenvalue weighted by atomic mass is 10.2. The maximum atomic E-state index is 12.0. The van der Waals surface area contributed by atoms with Crippen molar-refractivity contribution in [3.05, 3.63) is 76.0 Å². The molecular weight excluding hydrogens is 254 g/mol. The SMILES string of the molecule is Cc1csc(-c2ccc(=O)n(-c3ccccc3)c2)c1. The Morgan fingerprint density at radius 1 is 1.05 bits per heavy atom. The number of nitrogens with zero attached hydrogens (tertiary/aromatic N) is 1. The van der Waals surface area contributed by atoms with Gasteiger partial charge in [-0.25, -0.2) is 0 Å². The Morgan fingerprint density at radius 3 is 2.53 bits per heavy atom. The Kier molecular flexibility index (Phi) is 3.05. The number of aryl methyl sites for hydroxylation is 1. The number of benzene rings is 1. The van der Waals surface area contributed by atoms with Crippen LogP contribution in [0.25, 0.3) is 16.1 Å². The molecule has 0 radical (unpaired) electrons. The molecule has 3 rings (SSSR count). The Bertz CT molecular complexity index is 756. The van der Waals surface area contributed by atoms with Crippen molar-refractivity contribution >= 4 is 11.3 Å². The van der Waals surface area contributed by atoms with E-state index in [1.807, 2.05) is 42.6 Å². The first-order chi connectivity index (χ1) is 9.24. The molecule has 0 saturated carbocycles. The predicted molar refractivity (Wildman–Crippen MR) is 80.1 cm³/mol. The second-order valence-electron chi connectivity index (χ2n) is 4.45. The van der Waals surface area contributed by atoms with E-state index in [9.17, 15) is 4.79 Å². The van der Waals surface area contributed by atoms with Crippen molar-refractivity contribution in [2.45, 2.75) is 6.92 Å². The Hall–Kier alpha value is -2.13.